The van der Waals surface area contributed by atoms with Gasteiger partial charge in [0.25, 0.3) is 5.91 Å². The SMILES string of the molecule is C#CC(C)NC(=O)c1csc(Cl)c1. The summed E-state index contributed by atoms with van der Waals surface area (Å²) in [4.78, 5) is 11.4. The van der Waals surface area contributed by atoms with Gasteiger partial charge < -0.3 is 5.32 Å². The number of carbonyl (C=O) groups is 1. The largest absolute Gasteiger partial charge is 0.339 e. The first-order valence-electron chi connectivity index (χ1n) is 3.64. The second-order valence-corrected chi connectivity index (χ2v) is 4.04. The highest BCUT2D eigenvalue weighted by molar-refractivity contribution is 7.14. The van der Waals surface area contributed by atoms with Crippen LogP contribution in [0.15, 0.2) is 11.4 Å². The molecule has 1 atom stereocenters. The van der Waals surface area contributed by atoms with Gasteiger partial charge in [-0.05, 0) is 13.0 Å². The van der Waals surface area contributed by atoms with Crippen LogP contribution in [-0.4, -0.2) is 11.9 Å². The monoisotopic (exact) mass is 213 g/mol. The van der Waals surface area contributed by atoms with Gasteiger partial charge in [0.05, 0.1) is 15.9 Å². The van der Waals surface area contributed by atoms with Crippen molar-refractivity contribution in [2.24, 2.45) is 0 Å². The van der Waals surface area contributed by atoms with E-state index in [1.807, 2.05) is 0 Å². The van der Waals surface area contributed by atoms with Gasteiger partial charge in [-0.15, -0.1) is 17.8 Å². The lowest BCUT2D eigenvalue weighted by Gasteiger charge is -2.05. The van der Waals surface area contributed by atoms with Crippen LogP contribution in [0, 0.1) is 12.3 Å². The van der Waals surface area contributed by atoms with E-state index < -0.39 is 0 Å². The molecule has 1 rings (SSSR count). The van der Waals surface area contributed by atoms with Crippen LogP contribution in [0.3, 0.4) is 0 Å². The van der Waals surface area contributed by atoms with Gasteiger partial charge in [-0.2, -0.15) is 0 Å². The molecular formula is C9H8ClNOS. The minimum absolute atomic E-state index is 0.186. The van der Waals surface area contributed by atoms with Crippen molar-refractivity contribution >= 4 is 28.8 Å². The molecule has 1 N–H and O–H groups in total. The number of amides is 1. The third-order valence-electron chi connectivity index (χ3n) is 1.43. The van der Waals surface area contributed by atoms with Crippen LogP contribution in [0.2, 0.25) is 4.34 Å². The molecule has 0 radical (unpaired) electrons. The molecule has 0 aromatic carbocycles. The molecule has 1 unspecified atom stereocenters. The number of terminal acetylenes is 1. The Morgan fingerprint density at radius 3 is 3.00 bits per heavy atom. The average Bonchev–Trinajstić information content (AvgIpc) is 2.51. The lowest BCUT2D eigenvalue weighted by Crippen LogP contribution is -2.30. The number of halogens is 1. The van der Waals surface area contributed by atoms with E-state index in [0.717, 1.165) is 0 Å². The van der Waals surface area contributed by atoms with Crippen molar-refractivity contribution in [3.05, 3.63) is 21.3 Å². The molecule has 1 heterocycles. The van der Waals surface area contributed by atoms with E-state index in [-0.39, 0.29) is 11.9 Å². The summed E-state index contributed by atoms with van der Waals surface area (Å²) < 4.78 is 0.596. The fourth-order valence-electron chi connectivity index (χ4n) is 0.751. The summed E-state index contributed by atoms with van der Waals surface area (Å²) in [5.74, 6) is 2.22. The molecular weight excluding hydrogens is 206 g/mol. The predicted molar refractivity (Wildman–Crippen MR) is 55.1 cm³/mol. The van der Waals surface area contributed by atoms with Crippen molar-refractivity contribution < 1.29 is 4.79 Å². The van der Waals surface area contributed by atoms with E-state index >= 15 is 0 Å². The van der Waals surface area contributed by atoms with E-state index in [0.29, 0.717) is 9.90 Å². The summed E-state index contributed by atoms with van der Waals surface area (Å²) in [6.07, 6.45) is 5.12. The highest BCUT2D eigenvalue weighted by Crippen LogP contribution is 2.19. The summed E-state index contributed by atoms with van der Waals surface area (Å²) in [6, 6.07) is 1.36. The first-order chi connectivity index (χ1) is 6.13. The highest BCUT2D eigenvalue weighted by atomic mass is 35.5. The number of thiophene rings is 1. The quantitative estimate of drug-likeness (QED) is 0.750. The third kappa shape index (κ3) is 2.76. The summed E-state index contributed by atoms with van der Waals surface area (Å²) in [7, 11) is 0. The number of carbonyl (C=O) groups excluding carboxylic acids is 1. The van der Waals surface area contributed by atoms with Crippen molar-refractivity contribution in [3.8, 4) is 12.3 Å². The van der Waals surface area contributed by atoms with Crippen molar-refractivity contribution in [1.29, 1.82) is 0 Å². The molecule has 4 heteroatoms. The maximum absolute atomic E-state index is 11.4. The zero-order valence-corrected chi connectivity index (χ0v) is 8.58. The maximum Gasteiger partial charge on any atom is 0.253 e. The molecule has 0 saturated carbocycles. The summed E-state index contributed by atoms with van der Waals surface area (Å²) in [6.45, 7) is 1.74. The van der Waals surface area contributed by atoms with Gasteiger partial charge in [0.2, 0.25) is 0 Å². The molecule has 1 amide bonds. The topological polar surface area (TPSA) is 29.1 Å². The highest BCUT2D eigenvalue weighted by Gasteiger charge is 2.09. The Bertz CT molecular complexity index is 353. The second kappa shape index (κ2) is 4.31. The van der Waals surface area contributed by atoms with Gasteiger partial charge >= 0.3 is 0 Å². The number of hydrogen-bond donors (Lipinski definition) is 1. The molecule has 68 valence electrons. The Morgan fingerprint density at radius 1 is 1.85 bits per heavy atom. The Balaban J connectivity index is 2.65. The molecule has 1 aromatic rings. The molecule has 0 aliphatic rings. The lowest BCUT2D eigenvalue weighted by atomic mass is 10.3. The maximum atomic E-state index is 11.4. The van der Waals surface area contributed by atoms with Crippen molar-refractivity contribution in [3.63, 3.8) is 0 Å². The molecule has 0 aliphatic heterocycles. The van der Waals surface area contributed by atoms with E-state index in [4.69, 9.17) is 18.0 Å². The van der Waals surface area contributed by atoms with Crippen LogP contribution in [0.4, 0.5) is 0 Å². The van der Waals surface area contributed by atoms with Crippen LogP contribution in [-0.2, 0) is 0 Å². The van der Waals surface area contributed by atoms with Gasteiger partial charge in [0.1, 0.15) is 0 Å². The zero-order valence-electron chi connectivity index (χ0n) is 7.00. The van der Waals surface area contributed by atoms with Crippen molar-refractivity contribution in [1.82, 2.24) is 5.32 Å². The summed E-state index contributed by atoms with van der Waals surface area (Å²) >= 11 is 6.99. The van der Waals surface area contributed by atoms with Gasteiger partial charge in [-0.1, -0.05) is 17.5 Å². The number of nitrogens with one attached hydrogen (secondary N) is 1. The Hall–Kier alpha value is -0.980. The van der Waals surface area contributed by atoms with E-state index in [1.54, 1.807) is 18.4 Å². The number of rotatable bonds is 2. The molecule has 0 bridgehead atoms. The second-order valence-electron chi connectivity index (χ2n) is 2.50. The summed E-state index contributed by atoms with van der Waals surface area (Å²) in [5.41, 5.74) is 0.553. The van der Waals surface area contributed by atoms with Crippen LogP contribution < -0.4 is 5.32 Å². The zero-order chi connectivity index (χ0) is 9.84. The van der Waals surface area contributed by atoms with Gasteiger partial charge in [-0.25, -0.2) is 0 Å². The van der Waals surface area contributed by atoms with Crippen LogP contribution in [0.25, 0.3) is 0 Å². The minimum atomic E-state index is -0.258. The van der Waals surface area contributed by atoms with E-state index in [1.165, 1.54) is 11.3 Å². The standard InChI is InChI=1S/C9H8ClNOS/c1-3-6(2)11-9(12)7-4-8(10)13-5-7/h1,4-6H,2H3,(H,11,12). The van der Waals surface area contributed by atoms with Gasteiger partial charge in [-0.3, -0.25) is 4.79 Å². The minimum Gasteiger partial charge on any atom is -0.339 e. The fraction of sp³-hybridized carbons (Fsp3) is 0.222. The molecule has 2 nitrogen and oxygen atoms in total. The molecule has 1 aromatic heterocycles. The van der Waals surface area contributed by atoms with E-state index in [2.05, 4.69) is 11.2 Å². The normalized spacial score (nSPS) is 11.8. The Morgan fingerprint density at radius 2 is 2.54 bits per heavy atom. The smallest absolute Gasteiger partial charge is 0.253 e. The summed E-state index contributed by atoms with van der Waals surface area (Å²) in [5, 5.41) is 4.33. The van der Waals surface area contributed by atoms with Gasteiger partial charge in [0, 0.05) is 5.38 Å². The van der Waals surface area contributed by atoms with Crippen LogP contribution in [0.1, 0.15) is 17.3 Å². The van der Waals surface area contributed by atoms with Gasteiger partial charge in [0.15, 0.2) is 0 Å². The fourth-order valence-corrected chi connectivity index (χ4v) is 1.61. The van der Waals surface area contributed by atoms with Crippen LogP contribution >= 0.6 is 22.9 Å². The molecule has 0 fully saturated rings. The van der Waals surface area contributed by atoms with Crippen molar-refractivity contribution in [2.45, 2.75) is 13.0 Å². The molecule has 0 saturated heterocycles. The third-order valence-corrected chi connectivity index (χ3v) is 2.52. The first kappa shape index (κ1) is 10.1. The molecule has 13 heavy (non-hydrogen) atoms. The Labute approximate surface area is 85.9 Å². The Kier molecular flexibility index (Phi) is 3.35. The lowest BCUT2D eigenvalue weighted by molar-refractivity contribution is 0.0948. The van der Waals surface area contributed by atoms with Crippen molar-refractivity contribution in [2.75, 3.05) is 0 Å². The molecule has 0 aliphatic carbocycles. The molecule has 0 spiro atoms. The average molecular weight is 214 g/mol. The van der Waals surface area contributed by atoms with E-state index in [9.17, 15) is 4.79 Å². The van der Waals surface area contributed by atoms with Crippen LogP contribution in [0.5, 0.6) is 0 Å². The first-order valence-corrected chi connectivity index (χ1v) is 4.90. The predicted octanol–water partition coefficient (Wildman–Crippen LogP) is 2.15. The number of hydrogen-bond acceptors (Lipinski definition) is 2.